The van der Waals surface area contributed by atoms with Crippen molar-refractivity contribution in [3.8, 4) is 0 Å². The van der Waals surface area contributed by atoms with Crippen LogP contribution in [0.15, 0.2) is 48.5 Å². The molecule has 0 atom stereocenters. The quantitative estimate of drug-likeness (QED) is 0.829. The standard InChI is InChI=1S/C21H21FN2O4/c22-18-7-2-1-6-17(18)20(26)24-10-8-16(9-11-24)23-19(25)13-14-4-3-5-15(12-14)21(27)28/h1-7,12,16H,8-11,13H2,(H,23,25)(H,27,28). The molecular formula is C21H21FN2O4. The van der Waals surface area contributed by atoms with E-state index in [-0.39, 0.29) is 35.4 Å². The van der Waals surface area contributed by atoms with Gasteiger partial charge in [-0.1, -0.05) is 24.3 Å². The summed E-state index contributed by atoms with van der Waals surface area (Å²) >= 11 is 0. The third-order valence-corrected chi connectivity index (χ3v) is 4.79. The minimum Gasteiger partial charge on any atom is -0.478 e. The number of likely N-dealkylation sites (tertiary alicyclic amines) is 1. The Hall–Kier alpha value is -3.22. The highest BCUT2D eigenvalue weighted by molar-refractivity contribution is 5.94. The summed E-state index contributed by atoms with van der Waals surface area (Å²) in [5.74, 6) is -2.10. The molecule has 146 valence electrons. The van der Waals surface area contributed by atoms with Crippen molar-refractivity contribution in [1.29, 1.82) is 0 Å². The van der Waals surface area contributed by atoms with Crippen LogP contribution in [0.2, 0.25) is 0 Å². The van der Waals surface area contributed by atoms with Crippen LogP contribution in [0.25, 0.3) is 0 Å². The molecule has 2 aromatic rings. The van der Waals surface area contributed by atoms with Gasteiger partial charge in [0.25, 0.3) is 5.91 Å². The number of halogens is 1. The molecule has 28 heavy (non-hydrogen) atoms. The molecular weight excluding hydrogens is 363 g/mol. The van der Waals surface area contributed by atoms with Gasteiger partial charge >= 0.3 is 5.97 Å². The van der Waals surface area contributed by atoms with E-state index in [0.29, 0.717) is 31.5 Å². The van der Waals surface area contributed by atoms with Gasteiger partial charge in [0.1, 0.15) is 5.82 Å². The summed E-state index contributed by atoms with van der Waals surface area (Å²) < 4.78 is 13.8. The predicted octanol–water partition coefficient (Wildman–Crippen LogP) is 2.49. The first-order valence-corrected chi connectivity index (χ1v) is 9.09. The van der Waals surface area contributed by atoms with Crippen LogP contribution >= 0.6 is 0 Å². The number of carboxylic acid groups (broad SMARTS) is 1. The molecule has 3 rings (SSSR count). The molecule has 0 saturated carbocycles. The lowest BCUT2D eigenvalue weighted by atomic mass is 10.0. The van der Waals surface area contributed by atoms with Crippen LogP contribution in [-0.4, -0.2) is 46.9 Å². The van der Waals surface area contributed by atoms with Gasteiger partial charge in [0.15, 0.2) is 0 Å². The molecule has 6 nitrogen and oxygen atoms in total. The Morgan fingerprint density at radius 1 is 1.07 bits per heavy atom. The number of carbonyl (C=O) groups is 3. The molecule has 0 aromatic heterocycles. The number of piperidine rings is 1. The zero-order valence-electron chi connectivity index (χ0n) is 15.2. The van der Waals surface area contributed by atoms with Crippen molar-refractivity contribution in [2.24, 2.45) is 0 Å². The van der Waals surface area contributed by atoms with Gasteiger partial charge in [-0.05, 0) is 42.7 Å². The highest BCUT2D eigenvalue weighted by Gasteiger charge is 2.26. The highest BCUT2D eigenvalue weighted by atomic mass is 19.1. The van der Waals surface area contributed by atoms with Gasteiger partial charge in [-0.25, -0.2) is 9.18 Å². The molecule has 0 aliphatic carbocycles. The maximum atomic E-state index is 13.8. The number of nitrogens with one attached hydrogen (secondary N) is 1. The number of carbonyl (C=O) groups excluding carboxylic acids is 2. The first-order valence-electron chi connectivity index (χ1n) is 9.09. The van der Waals surface area contributed by atoms with E-state index in [2.05, 4.69) is 5.32 Å². The van der Waals surface area contributed by atoms with Gasteiger partial charge < -0.3 is 15.3 Å². The molecule has 0 spiro atoms. The molecule has 0 unspecified atom stereocenters. The summed E-state index contributed by atoms with van der Waals surface area (Å²) in [7, 11) is 0. The SMILES string of the molecule is O=C(Cc1cccc(C(=O)O)c1)NC1CCN(C(=O)c2ccccc2F)CC1. The monoisotopic (exact) mass is 384 g/mol. The number of amides is 2. The summed E-state index contributed by atoms with van der Waals surface area (Å²) in [6, 6.07) is 12.1. The van der Waals surface area contributed by atoms with Crippen LogP contribution in [-0.2, 0) is 11.2 Å². The smallest absolute Gasteiger partial charge is 0.335 e. The number of benzene rings is 2. The van der Waals surface area contributed by atoms with Crippen molar-refractivity contribution in [2.45, 2.75) is 25.3 Å². The second kappa shape index (κ2) is 8.65. The Bertz CT molecular complexity index is 891. The second-order valence-electron chi connectivity index (χ2n) is 6.80. The maximum absolute atomic E-state index is 13.8. The van der Waals surface area contributed by atoms with Crippen molar-refractivity contribution in [3.63, 3.8) is 0 Å². The summed E-state index contributed by atoms with van der Waals surface area (Å²) in [6.45, 7) is 0.874. The number of rotatable bonds is 5. The van der Waals surface area contributed by atoms with Crippen molar-refractivity contribution in [1.82, 2.24) is 10.2 Å². The zero-order valence-corrected chi connectivity index (χ0v) is 15.2. The molecule has 2 aromatic carbocycles. The van der Waals surface area contributed by atoms with Crippen molar-refractivity contribution < 1.29 is 23.9 Å². The van der Waals surface area contributed by atoms with Gasteiger partial charge in [-0.3, -0.25) is 9.59 Å². The van der Waals surface area contributed by atoms with E-state index < -0.39 is 11.8 Å². The number of carboxylic acids is 1. The molecule has 1 saturated heterocycles. The minimum atomic E-state index is -1.03. The van der Waals surface area contributed by atoms with Crippen molar-refractivity contribution in [3.05, 3.63) is 71.0 Å². The average molecular weight is 384 g/mol. The molecule has 7 heteroatoms. The molecule has 0 radical (unpaired) electrons. The second-order valence-corrected chi connectivity index (χ2v) is 6.80. The van der Waals surface area contributed by atoms with E-state index in [0.717, 1.165) is 0 Å². The lowest BCUT2D eigenvalue weighted by Crippen LogP contribution is -2.47. The topological polar surface area (TPSA) is 86.7 Å². The number of aromatic carboxylic acids is 1. The third-order valence-electron chi connectivity index (χ3n) is 4.79. The number of nitrogens with zero attached hydrogens (tertiary/aromatic N) is 1. The van der Waals surface area contributed by atoms with Gasteiger partial charge in [0.05, 0.1) is 17.5 Å². The van der Waals surface area contributed by atoms with Crippen LogP contribution < -0.4 is 5.32 Å². The van der Waals surface area contributed by atoms with E-state index in [9.17, 15) is 18.8 Å². The summed E-state index contributed by atoms with van der Waals surface area (Å²) in [5, 5.41) is 11.9. The predicted molar refractivity (Wildman–Crippen MR) is 101 cm³/mol. The Morgan fingerprint density at radius 3 is 2.46 bits per heavy atom. The normalized spacial score (nSPS) is 14.5. The fraction of sp³-hybridized carbons (Fsp3) is 0.286. The summed E-state index contributed by atoms with van der Waals surface area (Å²) in [6.07, 6.45) is 1.26. The first kappa shape index (κ1) is 19.5. The van der Waals surface area contributed by atoms with E-state index in [1.54, 1.807) is 29.2 Å². The lowest BCUT2D eigenvalue weighted by molar-refractivity contribution is -0.121. The Morgan fingerprint density at radius 2 is 1.79 bits per heavy atom. The van der Waals surface area contributed by atoms with Crippen LogP contribution in [0.5, 0.6) is 0 Å². The van der Waals surface area contributed by atoms with E-state index in [1.165, 1.54) is 24.3 Å². The summed E-state index contributed by atoms with van der Waals surface area (Å²) in [4.78, 5) is 37.3. The van der Waals surface area contributed by atoms with E-state index in [1.807, 2.05) is 0 Å². The van der Waals surface area contributed by atoms with Gasteiger partial charge in [0, 0.05) is 19.1 Å². The van der Waals surface area contributed by atoms with Crippen molar-refractivity contribution >= 4 is 17.8 Å². The minimum absolute atomic E-state index is 0.0586. The van der Waals surface area contributed by atoms with Crippen LogP contribution in [0, 0.1) is 5.82 Å². The van der Waals surface area contributed by atoms with Crippen molar-refractivity contribution in [2.75, 3.05) is 13.1 Å². The fourth-order valence-electron chi connectivity index (χ4n) is 3.31. The molecule has 1 heterocycles. The first-order chi connectivity index (χ1) is 13.4. The fourth-order valence-corrected chi connectivity index (χ4v) is 3.31. The molecule has 1 fully saturated rings. The van der Waals surface area contributed by atoms with Crippen LogP contribution in [0.4, 0.5) is 4.39 Å². The molecule has 1 aliphatic rings. The maximum Gasteiger partial charge on any atom is 0.335 e. The van der Waals surface area contributed by atoms with E-state index >= 15 is 0 Å². The Kier molecular flexibility index (Phi) is 6.03. The summed E-state index contributed by atoms with van der Waals surface area (Å²) in [5.41, 5.74) is 0.832. The third kappa shape index (κ3) is 4.73. The highest BCUT2D eigenvalue weighted by Crippen LogP contribution is 2.16. The molecule has 2 amide bonds. The van der Waals surface area contributed by atoms with Gasteiger partial charge in [0.2, 0.25) is 5.91 Å². The molecule has 0 bridgehead atoms. The largest absolute Gasteiger partial charge is 0.478 e. The number of hydrogen-bond acceptors (Lipinski definition) is 3. The Labute approximate surface area is 162 Å². The van der Waals surface area contributed by atoms with E-state index in [4.69, 9.17) is 5.11 Å². The Balaban J connectivity index is 1.51. The van der Waals surface area contributed by atoms with Gasteiger partial charge in [-0.2, -0.15) is 0 Å². The van der Waals surface area contributed by atoms with Gasteiger partial charge in [-0.15, -0.1) is 0 Å². The number of hydrogen-bond donors (Lipinski definition) is 2. The molecule has 1 aliphatic heterocycles. The average Bonchev–Trinajstić information content (AvgIpc) is 2.68. The molecule has 2 N–H and O–H groups in total. The van der Waals surface area contributed by atoms with Crippen LogP contribution in [0.3, 0.4) is 0 Å². The zero-order chi connectivity index (χ0) is 20.1. The lowest BCUT2D eigenvalue weighted by Gasteiger charge is -2.32. The van der Waals surface area contributed by atoms with Crippen LogP contribution in [0.1, 0.15) is 39.1 Å².